The van der Waals surface area contributed by atoms with Crippen molar-refractivity contribution in [1.29, 1.82) is 0 Å². The predicted molar refractivity (Wildman–Crippen MR) is 75.4 cm³/mol. The molecule has 2 rings (SSSR count). The molecule has 0 radical (unpaired) electrons. The van der Waals surface area contributed by atoms with Gasteiger partial charge in [0, 0.05) is 10.2 Å². The van der Waals surface area contributed by atoms with Gasteiger partial charge in [0.1, 0.15) is 5.25 Å². The van der Waals surface area contributed by atoms with E-state index in [-0.39, 0.29) is 23.4 Å². The summed E-state index contributed by atoms with van der Waals surface area (Å²) in [5.74, 6) is -0.601. The van der Waals surface area contributed by atoms with Crippen LogP contribution in [0.15, 0.2) is 33.7 Å². The van der Waals surface area contributed by atoms with Crippen molar-refractivity contribution in [2.45, 2.75) is 11.7 Å². The number of halogens is 1. The second kappa shape index (κ2) is 5.53. The number of nitrogens with two attached hydrogens (primary N) is 1. The molecule has 0 saturated heterocycles. The van der Waals surface area contributed by atoms with Crippen molar-refractivity contribution in [2.24, 2.45) is 10.7 Å². The molecule has 0 unspecified atom stereocenters. The second-order valence-electron chi connectivity index (χ2n) is 3.65. The number of rotatable bonds is 2. The third kappa shape index (κ3) is 3.33. The van der Waals surface area contributed by atoms with Gasteiger partial charge in [-0.05, 0) is 24.3 Å². The Kier molecular flexibility index (Phi) is 4.03. The molecule has 0 aromatic heterocycles. The summed E-state index contributed by atoms with van der Waals surface area (Å²) in [7, 11) is 0. The van der Waals surface area contributed by atoms with Crippen LogP contribution in [0.1, 0.15) is 6.42 Å². The Bertz CT molecular complexity index is 516. The minimum absolute atomic E-state index is 0.0771. The van der Waals surface area contributed by atoms with Crippen molar-refractivity contribution >= 4 is 50.4 Å². The summed E-state index contributed by atoms with van der Waals surface area (Å²) in [4.78, 5) is 26.7. The minimum Gasteiger partial charge on any atom is -0.378 e. The summed E-state index contributed by atoms with van der Waals surface area (Å²) >= 11 is 4.42. The summed E-state index contributed by atoms with van der Waals surface area (Å²) in [6.07, 6.45) is 0.0771. The zero-order valence-electron chi connectivity index (χ0n) is 9.22. The van der Waals surface area contributed by atoms with Gasteiger partial charge in [0.05, 0.1) is 6.42 Å². The van der Waals surface area contributed by atoms with Crippen LogP contribution in [0, 0.1) is 0 Å². The molecule has 5 nitrogen and oxygen atoms in total. The quantitative estimate of drug-likeness (QED) is 0.866. The van der Waals surface area contributed by atoms with E-state index in [4.69, 9.17) is 5.73 Å². The lowest BCUT2D eigenvalue weighted by atomic mass is 10.2. The van der Waals surface area contributed by atoms with E-state index in [0.29, 0.717) is 5.69 Å². The first-order chi connectivity index (χ1) is 8.54. The smallest absolute Gasteiger partial charge is 0.249 e. The molecule has 1 aromatic carbocycles. The molecule has 3 N–H and O–H groups in total. The van der Waals surface area contributed by atoms with Crippen molar-refractivity contribution in [2.75, 3.05) is 5.32 Å². The van der Waals surface area contributed by atoms with Crippen LogP contribution in [0.2, 0.25) is 0 Å². The third-order valence-corrected chi connectivity index (χ3v) is 3.79. The SMILES string of the molecule is NC1=NC(=O)C[C@H](C(=O)Nc2ccc(Br)cc2)S1. The lowest BCUT2D eigenvalue weighted by Gasteiger charge is -2.17. The van der Waals surface area contributed by atoms with E-state index in [1.165, 1.54) is 0 Å². The Morgan fingerprint density at radius 2 is 2.11 bits per heavy atom. The fourth-order valence-electron chi connectivity index (χ4n) is 1.44. The Labute approximate surface area is 116 Å². The lowest BCUT2D eigenvalue weighted by Crippen LogP contribution is -2.33. The van der Waals surface area contributed by atoms with E-state index >= 15 is 0 Å². The van der Waals surface area contributed by atoms with Crippen molar-refractivity contribution in [1.82, 2.24) is 0 Å². The number of nitrogens with one attached hydrogen (secondary N) is 1. The first kappa shape index (κ1) is 13.1. The number of amides is 2. The van der Waals surface area contributed by atoms with Crippen LogP contribution in [0.5, 0.6) is 0 Å². The average molecular weight is 328 g/mol. The highest BCUT2D eigenvalue weighted by atomic mass is 79.9. The van der Waals surface area contributed by atoms with E-state index in [1.807, 2.05) is 12.1 Å². The maximum atomic E-state index is 11.9. The van der Waals surface area contributed by atoms with Crippen molar-refractivity contribution in [3.05, 3.63) is 28.7 Å². The molecule has 0 saturated carbocycles. The first-order valence-electron chi connectivity index (χ1n) is 5.14. The number of hydrogen-bond acceptors (Lipinski definition) is 4. The maximum Gasteiger partial charge on any atom is 0.249 e. The molecule has 7 heteroatoms. The van der Waals surface area contributed by atoms with E-state index in [1.54, 1.807) is 12.1 Å². The number of thioether (sulfide) groups is 1. The monoisotopic (exact) mass is 327 g/mol. The van der Waals surface area contributed by atoms with E-state index in [0.717, 1.165) is 16.2 Å². The van der Waals surface area contributed by atoms with Crippen LogP contribution in [0.3, 0.4) is 0 Å². The number of anilines is 1. The fraction of sp³-hybridized carbons (Fsp3) is 0.182. The molecule has 0 fully saturated rings. The number of carbonyl (C=O) groups is 2. The minimum atomic E-state index is -0.515. The molecule has 94 valence electrons. The second-order valence-corrected chi connectivity index (χ2v) is 5.79. The van der Waals surface area contributed by atoms with Gasteiger partial charge in [0.15, 0.2) is 5.17 Å². The van der Waals surface area contributed by atoms with Crippen LogP contribution < -0.4 is 11.1 Å². The molecule has 18 heavy (non-hydrogen) atoms. The van der Waals surface area contributed by atoms with Gasteiger partial charge in [-0.15, -0.1) is 0 Å². The Morgan fingerprint density at radius 1 is 1.44 bits per heavy atom. The number of hydrogen-bond donors (Lipinski definition) is 2. The molecule has 1 heterocycles. The van der Waals surface area contributed by atoms with E-state index in [2.05, 4.69) is 26.2 Å². The molecule has 0 bridgehead atoms. The van der Waals surface area contributed by atoms with Crippen LogP contribution in [0.25, 0.3) is 0 Å². The normalized spacial score (nSPS) is 19.3. The summed E-state index contributed by atoms with van der Waals surface area (Å²) in [5, 5.41) is 2.36. The van der Waals surface area contributed by atoms with Crippen LogP contribution in [0.4, 0.5) is 5.69 Å². The van der Waals surface area contributed by atoms with Gasteiger partial charge in [0.25, 0.3) is 0 Å². The molecule has 0 aliphatic carbocycles. The van der Waals surface area contributed by atoms with Crippen LogP contribution in [-0.2, 0) is 9.59 Å². The van der Waals surface area contributed by atoms with Gasteiger partial charge < -0.3 is 11.1 Å². The summed E-state index contributed by atoms with van der Waals surface area (Å²) in [6, 6.07) is 7.19. The summed E-state index contributed by atoms with van der Waals surface area (Å²) in [5.41, 5.74) is 6.15. The molecule has 1 aliphatic heterocycles. The van der Waals surface area contributed by atoms with Crippen LogP contribution >= 0.6 is 27.7 Å². The highest BCUT2D eigenvalue weighted by molar-refractivity contribution is 9.10. The zero-order chi connectivity index (χ0) is 13.1. The highest BCUT2D eigenvalue weighted by Gasteiger charge is 2.27. The molecule has 2 amide bonds. The highest BCUT2D eigenvalue weighted by Crippen LogP contribution is 2.22. The van der Waals surface area contributed by atoms with Gasteiger partial charge in [-0.1, -0.05) is 27.7 Å². The topological polar surface area (TPSA) is 84.5 Å². The Balaban J connectivity index is 2.02. The lowest BCUT2D eigenvalue weighted by molar-refractivity contribution is -0.121. The number of aliphatic imine (C=N–C) groups is 1. The van der Waals surface area contributed by atoms with Gasteiger partial charge in [-0.2, -0.15) is 4.99 Å². The molecule has 1 aromatic rings. The number of carbonyl (C=O) groups excluding carboxylic acids is 2. The maximum absolute atomic E-state index is 11.9. The van der Waals surface area contributed by atoms with E-state index < -0.39 is 5.25 Å². The number of nitrogens with zero attached hydrogens (tertiary/aromatic N) is 1. The molecule has 1 aliphatic rings. The molecule has 1 atom stereocenters. The van der Waals surface area contributed by atoms with Gasteiger partial charge in [0.2, 0.25) is 11.8 Å². The zero-order valence-corrected chi connectivity index (χ0v) is 11.6. The standard InChI is InChI=1S/C11H10BrN3O2S/c12-6-1-3-7(4-2-6)14-10(17)8-5-9(16)15-11(13)18-8/h1-4,8H,5H2,(H,14,17)(H2,13,15,16)/t8-/m1/s1. The van der Waals surface area contributed by atoms with Crippen molar-refractivity contribution < 1.29 is 9.59 Å². The van der Waals surface area contributed by atoms with Crippen LogP contribution in [-0.4, -0.2) is 22.2 Å². The summed E-state index contributed by atoms with van der Waals surface area (Å²) in [6.45, 7) is 0. The molecule has 0 spiro atoms. The largest absolute Gasteiger partial charge is 0.378 e. The van der Waals surface area contributed by atoms with Gasteiger partial charge in [-0.25, -0.2) is 0 Å². The average Bonchev–Trinajstić information content (AvgIpc) is 2.31. The van der Waals surface area contributed by atoms with Gasteiger partial charge >= 0.3 is 0 Å². The van der Waals surface area contributed by atoms with Crippen molar-refractivity contribution in [3.63, 3.8) is 0 Å². The van der Waals surface area contributed by atoms with Crippen molar-refractivity contribution in [3.8, 4) is 0 Å². The molecular formula is C11H10BrN3O2S. The Hall–Kier alpha value is -1.34. The fourth-order valence-corrected chi connectivity index (χ4v) is 2.55. The number of amidine groups is 1. The summed E-state index contributed by atoms with van der Waals surface area (Å²) < 4.78 is 0.930. The first-order valence-corrected chi connectivity index (χ1v) is 6.82. The van der Waals surface area contributed by atoms with E-state index in [9.17, 15) is 9.59 Å². The predicted octanol–water partition coefficient (Wildman–Crippen LogP) is 1.73. The molecular weight excluding hydrogens is 318 g/mol. The van der Waals surface area contributed by atoms with Gasteiger partial charge in [-0.3, -0.25) is 9.59 Å². The Morgan fingerprint density at radius 3 is 2.72 bits per heavy atom. The number of benzene rings is 1. The third-order valence-electron chi connectivity index (χ3n) is 2.26.